The average molecular weight is 388 g/mol. The van der Waals surface area contributed by atoms with Crippen molar-refractivity contribution in [1.29, 1.82) is 0 Å². The molecule has 144 valence electrons. The van der Waals surface area contributed by atoms with Gasteiger partial charge in [-0.3, -0.25) is 9.78 Å². The van der Waals surface area contributed by atoms with E-state index < -0.39 is 10.0 Å². The molecule has 27 heavy (non-hydrogen) atoms. The first-order valence-corrected chi connectivity index (χ1v) is 10.7. The number of rotatable bonds is 6. The number of nitrogens with zero attached hydrogens (tertiary/aromatic N) is 2. The molecule has 1 aromatic heterocycles. The van der Waals surface area contributed by atoms with Gasteiger partial charge in [0.1, 0.15) is 0 Å². The molecule has 7 heteroatoms. The summed E-state index contributed by atoms with van der Waals surface area (Å²) in [6.07, 6.45) is 8.39. The zero-order valence-corrected chi connectivity index (χ0v) is 16.3. The zero-order valence-electron chi connectivity index (χ0n) is 15.5. The highest BCUT2D eigenvalue weighted by Gasteiger charge is 2.29. The quantitative estimate of drug-likeness (QED) is 0.826. The van der Waals surface area contributed by atoms with Crippen molar-refractivity contribution < 1.29 is 13.2 Å². The lowest BCUT2D eigenvalue weighted by atomic mass is 9.96. The van der Waals surface area contributed by atoms with Gasteiger partial charge in [0.05, 0.1) is 4.90 Å². The molecular weight excluding hydrogens is 362 g/mol. The Morgan fingerprint density at radius 2 is 1.85 bits per heavy atom. The third-order valence-corrected chi connectivity index (χ3v) is 6.97. The highest BCUT2D eigenvalue weighted by atomic mass is 32.2. The van der Waals surface area contributed by atoms with E-state index in [1.54, 1.807) is 37.6 Å². The molecule has 1 aromatic carbocycles. The van der Waals surface area contributed by atoms with Gasteiger partial charge < -0.3 is 5.32 Å². The SMILES string of the molecule is CN(C1CCCCC1)S(=O)(=O)c1cccc(C(=O)NCc2ccncc2)c1. The first kappa shape index (κ1) is 19.5. The second-order valence-electron chi connectivity index (χ2n) is 6.88. The van der Waals surface area contributed by atoms with Crippen LogP contribution in [0.4, 0.5) is 0 Å². The molecule has 0 saturated heterocycles. The van der Waals surface area contributed by atoms with Crippen molar-refractivity contribution in [3.8, 4) is 0 Å². The lowest BCUT2D eigenvalue weighted by Crippen LogP contribution is -2.38. The van der Waals surface area contributed by atoms with Gasteiger partial charge in [-0.05, 0) is 48.7 Å². The minimum atomic E-state index is -3.62. The number of carbonyl (C=O) groups excluding carboxylic acids is 1. The Morgan fingerprint density at radius 3 is 2.56 bits per heavy atom. The number of amides is 1. The minimum absolute atomic E-state index is 0.0351. The molecule has 0 radical (unpaired) electrons. The van der Waals surface area contributed by atoms with E-state index in [0.29, 0.717) is 12.1 Å². The summed E-state index contributed by atoms with van der Waals surface area (Å²) in [5.74, 6) is -0.302. The van der Waals surface area contributed by atoms with Crippen LogP contribution in [0.1, 0.15) is 48.0 Å². The van der Waals surface area contributed by atoms with Crippen molar-refractivity contribution >= 4 is 15.9 Å². The summed E-state index contributed by atoms with van der Waals surface area (Å²) >= 11 is 0. The number of sulfonamides is 1. The summed E-state index contributed by atoms with van der Waals surface area (Å²) in [6.45, 7) is 0.361. The summed E-state index contributed by atoms with van der Waals surface area (Å²) in [6, 6.07) is 9.92. The summed E-state index contributed by atoms with van der Waals surface area (Å²) in [4.78, 5) is 16.5. The summed E-state index contributed by atoms with van der Waals surface area (Å²) < 4.78 is 27.4. The standard InChI is InChI=1S/C20H25N3O3S/c1-23(18-7-3-2-4-8-18)27(25,26)19-9-5-6-17(14-19)20(24)22-15-16-10-12-21-13-11-16/h5-6,9-14,18H,2-4,7-8,15H2,1H3,(H,22,24). The summed E-state index contributed by atoms with van der Waals surface area (Å²) in [5, 5.41) is 2.81. The maximum Gasteiger partial charge on any atom is 0.251 e. The Balaban J connectivity index is 1.72. The number of carbonyl (C=O) groups is 1. The number of aromatic nitrogens is 1. The number of benzene rings is 1. The number of pyridine rings is 1. The van der Waals surface area contributed by atoms with Gasteiger partial charge in [-0.1, -0.05) is 25.3 Å². The Hall–Kier alpha value is -2.25. The van der Waals surface area contributed by atoms with Crippen molar-refractivity contribution in [2.24, 2.45) is 0 Å². The molecule has 2 aromatic rings. The van der Waals surface area contributed by atoms with Crippen LogP contribution in [-0.2, 0) is 16.6 Å². The molecule has 0 aliphatic heterocycles. The van der Waals surface area contributed by atoms with E-state index >= 15 is 0 Å². The van der Waals surface area contributed by atoms with Crippen LogP contribution in [0.3, 0.4) is 0 Å². The fraction of sp³-hybridized carbons (Fsp3) is 0.400. The maximum atomic E-state index is 13.0. The first-order valence-electron chi connectivity index (χ1n) is 9.23. The van der Waals surface area contributed by atoms with Gasteiger partial charge in [-0.2, -0.15) is 4.31 Å². The van der Waals surface area contributed by atoms with Crippen LogP contribution in [0.2, 0.25) is 0 Å². The molecule has 0 spiro atoms. The lowest BCUT2D eigenvalue weighted by Gasteiger charge is -2.30. The molecule has 0 bridgehead atoms. The van der Waals surface area contributed by atoms with Gasteiger partial charge in [-0.25, -0.2) is 8.42 Å². The molecule has 1 N–H and O–H groups in total. The van der Waals surface area contributed by atoms with Crippen molar-refractivity contribution in [1.82, 2.24) is 14.6 Å². The Morgan fingerprint density at radius 1 is 1.15 bits per heavy atom. The molecule has 0 atom stereocenters. The second kappa shape index (κ2) is 8.63. The topological polar surface area (TPSA) is 79.4 Å². The fourth-order valence-electron chi connectivity index (χ4n) is 3.39. The highest BCUT2D eigenvalue weighted by molar-refractivity contribution is 7.89. The van der Waals surface area contributed by atoms with Crippen LogP contribution in [-0.4, -0.2) is 36.7 Å². The maximum absolute atomic E-state index is 13.0. The molecule has 6 nitrogen and oxygen atoms in total. The van der Waals surface area contributed by atoms with Crippen molar-refractivity contribution in [3.05, 3.63) is 59.9 Å². The van der Waals surface area contributed by atoms with Crippen LogP contribution in [0.25, 0.3) is 0 Å². The van der Waals surface area contributed by atoms with Gasteiger partial charge in [0.25, 0.3) is 5.91 Å². The Kier molecular flexibility index (Phi) is 6.23. The molecular formula is C20H25N3O3S. The summed E-state index contributed by atoms with van der Waals surface area (Å²) in [7, 11) is -1.98. The fourth-order valence-corrected chi connectivity index (χ4v) is 4.85. The highest BCUT2D eigenvalue weighted by Crippen LogP contribution is 2.26. The third kappa shape index (κ3) is 4.73. The smallest absolute Gasteiger partial charge is 0.251 e. The monoisotopic (exact) mass is 387 g/mol. The average Bonchev–Trinajstić information content (AvgIpc) is 2.73. The predicted octanol–water partition coefficient (Wildman–Crippen LogP) is 2.96. The summed E-state index contributed by atoms with van der Waals surface area (Å²) in [5.41, 5.74) is 1.27. The van der Waals surface area contributed by atoms with Crippen molar-refractivity contribution in [2.75, 3.05) is 7.05 Å². The van der Waals surface area contributed by atoms with Crippen LogP contribution in [0.15, 0.2) is 53.7 Å². The van der Waals surface area contributed by atoms with E-state index in [4.69, 9.17) is 0 Å². The molecule has 1 aliphatic carbocycles. The van der Waals surface area contributed by atoms with Crippen LogP contribution >= 0.6 is 0 Å². The molecule has 1 saturated carbocycles. The van der Waals surface area contributed by atoms with Gasteiger partial charge in [0.15, 0.2) is 0 Å². The van der Waals surface area contributed by atoms with Gasteiger partial charge in [-0.15, -0.1) is 0 Å². The number of nitrogens with one attached hydrogen (secondary N) is 1. The van der Waals surface area contributed by atoms with Crippen molar-refractivity contribution in [2.45, 2.75) is 49.6 Å². The normalized spacial score (nSPS) is 15.6. The Labute approximate surface area is 160 Å². The largest absolute Gasteiger partial charge is 0.348 e. The van der Waals surface area contributed by atoms with E-state index in [1.807, 2.05) is 12.1 Å². The van der Waals surface area contributed by atoms with Gasteiger partial charge in [0, 0.05) is 37.6 Å². The van der Waals surface area contributed by atoms with E-state index in [0.717, 1.165) is 37.7 Å². The predicted molar refractivity (Wildman–Crippen MR) is 104 cm³/mol. The molecule has 1 aliphatic rings. The second-order valence-corrected chi connectivity index (χ2v) is 8.88. The number of hydrogen-bond acceptors (Lipinski definition) is 4. The van der Waals surface area contributed by atoms with E-state index in [2.05, 4.69) is 10.3 Å². The van der Waals surface area contributed by atoms with E-state index in [-0.39, 0.29) is 16.8 Å². The minimum Gasteiger partial charge on any atom is -0.348 e. The molecule has 3 rings (SSSR count). The van der Waals surface area contributed by atoms with Gasteiger partial charge >= 0.3 is 0 Å². The lowest BCUT2D eigenvalue weighted by molar-refractivity contribution is 0.0950. The molecule has 1 fully saturated rings. The third-order valence-electron chi connectivity index (χ3n) is 5.06. The van der Waals surface area contributed by atoms with Gasteiger partial charge in [0.2, 0.25) is 10.0 Å². The van der Waals surface area contributed by atoms with Crippen LogP contribution in [0, 0.1) is 0 Å². The molecule has 1 heterocycles. The van der Waals surface area contributed by atoms with Crippen LogP contribution in [0.5, 0.6) is 0 Å². The molecule has 0 unspecified atom stereocenters. The van der Waals surface area contributed by atoms with Crippen LogP contribution < -0.4 is 5.32 Å². The Bertz CT molecular complexity index is 878. The number of hydrogen-bond donors (Lipinski definition) is 1. The first-order chi connectivity index (χ1) is 13.0. The van der Waals surface area contributed by atoms with Crippen molar-refractivity contribution in [3.63, 3.8) is 0 Å². The van der Waals surface area contributed by atoms with E-state index in [9.17, 15) is 13.2 Å². The molecule has 1 amide bonds. The van der Waals surface area contributed by atoms with E-state index in [1.165, 1.54) is 10.4 Å². The zero-order chi connectivity index (χ0) is 19.3.